The van der Waals surface area contributed by atoms with E-state index >= 15 is 0 Å². The zero-order valence-electron chi connectivity index (χ0n) is 13.4. The summed E-state index contributed by atoms with van der Waals surface area (Å²) in [6.07, 6.45) is 1.99. The van der Waals surface area contributed by atoms with Crippen LogP contribution in [0.2, 0.25) is 0 Å². The van der Waals surface area contributed by atoms with Crippen molar-refractivity contribution >= 4 is 0 Å². The summed E-state index contributed by atoms with van der Waals surface area (Å²) in [4.78, 5) is 0. The molecule has 20 heavy (non-hydrogen) atoms. The minimum Gasteiger partial charge on any atom is -0.388 e. The van der Waals surface area contributed by atoms with Gasteiger partial charge in [0.2, 0.25) is 0 Å². The standard InChI is InChI=1S/C18H28O2/c1-6-14-8-9-16(10-15(14)7-2)18(19)17-11(3)12(4)20-13(17)5/h8-13,17-19H,6-7H2,1-5H3. The molecule has 2 rings (SSSR count). The van der Waals surface area contributed by atoms with E-state index in [9.17, 15) is 5.11 Å². The van der Waals surface area contributed by atoms with E-state index in [1.165, 1.54) is 11.1 Å². The third-order valence-electron chi connectivity index (χ3n) is 5.02. The molecule has 1 aromatic rings. The van der Waals surface area contributed by atoms with Crippen LogP contribution in [0.1, 0.15) is 57.4 Å². The fourth-order valence-corrected chi connectivity index (χ4v) is 3.56. The van der Waals surface area contributed by atoms with E-state index in [0.29, 0.717) is 5.92 Å². The maximum absolute atomic E-state index is 10.8. The predicted octanol–water partition coefficient (Wildman–Crippen LogP) is 3.90. The Bertz CT molecular complexity index is 455. The van der Waals surface area contributed by atoms with E-state index in [1.807, 2.05) is 0 Å². The number of ether oxygens (including phenoxy) is 1. The van der Waals surface area contributed by atoms with Gasteiger partial charge in [-0.3, -0.25) is 0 Å². The third-order valence-corrected chi connectivity index (χ3v) is 5.02. The number of hydrogen-bond acceptors (Lipinski definition) is 2. The van der Waals surface area contributed by atoms with Gasteiger partial charge in [0.05, 0.1) is 18.3 Å². The largest absolute Gasteiger partial charge is 0.388 e. The monoisotopic (exact) mass is 276 g/mol. The second kappa shape index (κ2) is 6.28. The first-order valence-electron chi connectivity index (χ1n) is 7.94. The van der Waals surface area contributed by atoms with Crippen LogP contribution in [0.15, 0.2) is 18.2 Å². The van der Waals surface area contributed by atoms with Crippen LogP contribution in [0.4, 0.5) is 0 Å². The molecule has 0 bridgehead atoms. The molecule has 1 N–H and O–H groups in total. The summed E-state index contributed by atoms with van der Waals surface area (Å²) in [5.41, 5.74) is 3.79. The lowest BCUT2D eigenvalue weighted by Gasteiger charge is -2.25. The summed E-state index contributed by atoms with van der Waals surface area (Å²) in [5, 5.41) is 10.8. The van der Waals surface area contributed by atoms with Crippen molar-refractivity contribution in [2.45, 2.75) is 65.8 Å². The second-order valence-electron chi connectivity index (χ2n) is 6.16. The average Bonchev–Trinajstić information content (AvgIpc) is 2.70. The molecule has 0 aromatic heterocycles. The number of aliphatic hydroxyl groups is 1. The first kappa shape index (κ1) is 15.5. The SMILES string of the molecule is CCc1ccc(C(O)C2C(C)OC(C)C2C)cc1CC. The van der Waals surface area contributed by atoms with Crippen molar-refractivity contribution in [2.24, 2.45) is 11.8 Å². The average molecular weight is 276 g/mol. The Morgan fingerprint density at radius 1 is 1.05 bits per heavy atom. The van der Waals surface area contributed by atoms with Gasteiger partial charge in [-0.15, -0.1) is 0 Å². The Morgan fingerprint density at radius 2 is 1.70 bits per heavy atom. The molecule has 2 nitrogen and oxygen atoms in total. The third kappa shape index (κ3) is 2.77. The van der Waals surface area contributed by atoms with E-state index in [2.05, 4.69) is 52.8 Å². The number of aryl methyl sites for hydroxylation is 2. The van der Waals surface area contributed by atoms with Crippen LogP contribution < -0.4 is 0 Å². The summed E-state index contributed by atoms with van der Waals surface area (Å²) >= 11 is 0. The van der Waals surface area contributed by atoms with E-state index in [0.717, 1.165) is 18.4 Å². The Morgan fingerprint density at radius 3 is 2.20 bits per heavy atom. The molecule has 0 radical (unpaired) electrons. The molecule has 0 aliphatic carbocycles. The van der Waals surface area contributed by atoms with Gasteiger partial charge in [0.1, 0.15) is 0 Å². The Hall–Kier alpha value is -0.860. The van der Waals surface area contributed by atoms with Gasteiger partial charge in [0, 0.05) is 5.92 Å². The van der Waals surface area contributed by atoms with Crippen molar-refractivity contribution in [3.63, 3.8) is 0 Å². The molecular weight excluding hydrogens is 248 g/mol. The lowest BCUT2D eigenvalue weighted by molar-refractivity contribution is 0.0231. The molecule has 5 unspecified atom stereocenters. The van der Waals surface area contributed by atoms with Crippen molar-refractivity contribution in [2.75, 3.05) is 0 Å². The first-order valence-corrected chi connectivity index (χ1v) is 7.94. The number of aliphatic hydroxyl groups excluding tert-OH is 1. The van der Waals surface area contributed by atoms with Gasteiger partial charge in [-0.05, 0) is 49.3 Å². The van der Waals surface area contributed by atoms with E-state index in [1.54, 1.807) is 0 Å². The van der Waals surface area contributed by atoms with Crippen LogP contribution >= 0.6 is 0 Å². The maximum Gasteiger partial charge on any atom is 0.0846 e. The molecule has 1 aliphatic heterocycles. The smallest absolute Gasteiger partial charge is 0.0846 e. The molecule has 0 amide bonds. The Balaban J connectivity index is 2.27. The molecular formula is C18H28O2. The molecule has 112 valence electrons. The summed E-state index contributed by atoms with van der Waals surface area (Å²) in [5.74, 6) is 0.568. The molecule has 1 saturated heterocycles. The fraction of sp³-hybridized carbons (Fsp3) is 0.667. The normalized spacial score (nSPS) is 31.5. The van der Waals surface area contributed by atoms with E-state index in [4.69, 9.17) is 4.74 Å². The molecule has 2 heteroatoms. The first-order chi connectivity index (χ1) is 9.49. The van der Waals surface area contributed by atoms with Gasteiger partial charge in [-0.2, -0.15) is 0 Å². The zero-order valence-corrected chi connectivity index (χ0v) is 13.4. The van der Waals surface area contributed by atoms with E-state index < -0.39 is 6.10 Å². The number of hydrogen-bond donors (Lipinski definition) is 1. The molecule has 1 heterocycles. The molecule has 1 aliphatic rings. The number of rotatable bonds is 4. The van der Waals surface area contributed by atoms with Gasteiger partial charge in [0.25, 0.3) is 0 Å². The van der Waals surface area contributed by atoms with Gasteiger partial charge in [0.15, 0.2) is 0 Å². The zero-order chi connectivity index (χ0) is 14.9. The van der Waals surface area contributed by atoms with Crippen molar-refractivity contribution in [1.29, 1.82) is 0 Å². The lowest BCUT2D eigenvalue weighted by atomic mass is 9.81. The Kier molecular flexibility index (Phi) is 4.87. The maximum atomic E-state index is 10.8. The van der Waals surface area contributed by atoms with Gasteiger partial charge < -0.3 is 9.84 Å². The summed E-state index contributed by atoms with van der Waals surface area (Å²) in [7, 11) is 0. The highest BCUT2D eigenvalue weighted by Gasteiger charge is 2.41. The predicted molar refractivity (Wildman–Crippen MR) is 82.8 cm³/mol. The highest BCUT2D eigenvalue weighted by molar-refractivity contribution is 5.33. The second-order valence-corrected chi connectivity index (χ2v) is 6.16. The van der Waals surface area contributed by atoms with Crippen molar-refractivity contribution in [3.05, 3.63) is 34.9 Å². The van der Waals surface area contributed by atoms with Crippen LogP contribution in [0.25, 0.3) is 0 Å². The quantitative estimate of drug-likeness (QED) is 0.903. The summed E-state index contributed by atoms with van der Waals surface area (Å²) < 4.78 is 5.87. The summed E-state index contributed by atoms with van der Waals surface area (Å²) in [6.45, 7) is 10.7. The van der Waals surface area contributed by atoms with Crippen LogP contribution in [0.5, 0.6) is 0 Å². The highest BCUT2D eigenvalue weighted by atomic mass is 16.5. The van der Waals surface area contributed by atoms with Crippen LogP contribution in [0, 0.1) is 11.8 Å². The van der Waals surface area contributed by atoms with Gasteiger partial charge in [-0.25, -0.2) is 0 Å². The Labute approximate surface area is 123 Å². The highest BCUT2D eigenvalue weighted by Crippen LogP contribution is 2.40. The topological polar surface area (TPSA) is 29.5 Å². The van der Waals surface area contributed by atoms with Gasteiger partial charge >= 0.3 is 0 Å². The molecule has 0 spiro atoms. The van der Waals surface area contributed by atoms with Crippen molar-refractivity contribution in [3.8, 4) is 0 Å². The lowest BCUT2D eigenvalue weighted by Crippen LogP contribution is -2.25. The van der Waals surface area contributed by atoms with E-state index in [-0.39, 0.29) is 18.1 Å². The van der Waals surface area contributed by atoms with Crippen LogP contribution in [-0.2, 0) is 17.6 Å². The van der Waals surface area contributed by atoms with Crippen molar-refractivity contribution < 1.29 is 9.84 Å². The van der Waals surface area contributed by atoms with Crippen LogP contribution in [0.3, 0.4) is 0 Å². The summed E-state index contributed by atoms with van der Waals surface area (Å²) in [6, 6.07) is 6.45. The van der Waals surface area contributed by atoms with Crippen molar-refractivity contribution in [1.82, 2.24) is 0 Å². The van der Waals surface area contributed by atoms with Crippen LogP contribution in [-0.4, -0.2) is 17.3 Å². The molecule has 1 fully saturated rings. The molecule has 0 saturated carbocycles. The molecule has 5 atom stereocenters. The molecule has 1 aromatic carbocycles. The van der Waals surface area contributed by atoms with Gasteiger partial charge in [-0.1, -0.05) is 39.0 Å². The number of benzene rings is 1. The fourth-order valence-electron chi connectivity index (χ4n) is 3.56. The minimum atomic E-state index is -0.429. The minimum absolute atomic E-state index is 0.117.